The van der Waals surface area contributed by atoms with Crippen molar-refractivity contribution in [2.75, 3.05) is 5.32 Å². The van der Waals surface area contributed by atoms with Gasteiger partial charge in [-0.05, 0) is 68.6 Å². The molecule has 0 aliphatic rings. The van der Waals surface area contributed by atoms with Crippen molar-refractivity contribution in [3.8, 4) is 0 Å². The van der Waals surface area contributed by atoms with Crippen LogP contribution in [0.5, 0.6) is 0 Å². The Morgan fingerprint density at radius 3 is 2.67 bits per heavy atom. The third-order valence-corrected chi connectivity index (χ3v) is 3.52. The molecule has 1 aromatic heterocycles. The van der Waals surface area contributed by atoms with Crippen LogP contribution in [0, 0.1) is 6.92 Å². The molecule has 0 aliphatic carbocycles. The van der Waals surface area contributed by atoms with Gasteiger partial charge in [-0.15, -0.1) is 0 Å². The number of aryl methyl sites for hydroxylation is 1. The highest BCUT2D eigenvalue weighted by Crippen LogP contribution is 2.23. The molecule has 2 rings (SSSR count). The molecule has 2 aromatic rings. The first-order valence-corrected chi connectivity index (χ1v) is 6.84. The molecule has 18 heavy (non-hydrogen) atoms. The van der Waals surface area contributed by atoms with E-state index < -0.39 is 0 Å². The van der Waals surface area contributed by atoms with Crippen LogP contribution in [-0.4, -0.2) is 10.9 Å². The van der Waals surface area contributed by atoms with Gasteiger partial charge >= 0.3 is 0 Å². The van der Waals surface area contributed by atoms with Crippen LogP contribution in [0.4, 0.5) is 5.69 Å². The zero-order chi connectivity index (χ0) is 13.1. The molecule has 0 saturated heterocycles. The van der Waals surface area contributed by atoms with E-state index in [4.69, 9.17) is 0 Å². The second-order valence-electron chi connectivity index (χ2n) is 3.81. The number of carbonyl (C=O) groups excluding carboxylic acids is 1. The summed E-state index contributed by atoms with van der Waals surface area (Å²) in [6.45, 7) is 1.98. The van der Waals surface area contributed by atoms with Crippen LogP contribution < -0.4 is 5.32 Å². The molecule has 0 aliphatic heterocycles. The average Bonchev–Trinajstić information content (AvgIpc) is 2.34. The number of amides is 1. The van der Waals surface area contributed by atoms with E-state index in [1.54, 1.807) is 12.1 Å². The number of anilines is 1. The standard InChI is InChI=1S/C13H10Br2N2O/c1-8-2-4-10(14)11(6-8)17-13(18)9-3-5-12(15)16-7-9/h2-7H,1H3,(H,17,18). The molecule has 0 bridgehead atoms. The molecular weight excluding hydrogens is 360 g/mol. The van der Waals surface area contributed by atoms with Gasteiger partial charge in [-0.1, -0.05) is 6.07 Å². The molecule has 0 spiro atoms. The molecule has 0 atom stereocenters. The summed E-state index contributed by atoms with van der Waals surface area (Å²) in [4.78, 5) is 16.0. The van der Waals surface area contributed by atoms with Crippen LogP contribution in [0.2, 0.25) is 0 Å². The number of nitrogens with one attached hydrogen (secondary N) is 1. The molecule has 1 N–H and O–H groups in total. The Morgan fingerprint density at radius 2 is 2.00 bits per heavy atom. The summed E-state index contributed by atoms with van der Waals surface area (Å²) in [5.41, 5.74) is 2.36. The first kappa shape index (κ1) is 13.2. The molecule has 0 unspecified atom stereocenters. The lowest BCUT2D eigenvalue weighted by Gasteiger charge is -2.08. The van der Waals surface area contributed by atoms with Gasteiger partial charge in [-0.25, -0.2) is 4.98 Å². The number of benzene rings is 1. The molecule has 1 aromatic carbocycles. The molecule has 1 amide bonds. The predicted molar refractivity (Wildman–Crippen MR) is 78.8 cm³/mol. The lowest BCUT2D eigenvalue weighted by molar-refractivity contribution is 0.102. The molecule has 0 saturated carbocycles. The second-order valence-corrected chi connectivity index (χ2v) is 5.47. The minimum atomic E-state index is -0.179. The number of nitrogens with zero attached hydrogens (tertiary/aromatic N) is 1. The van der Waals surface area contributed by atoms with Crippen molar-refractivity contribution in [2.24, 2.45) is 0 Å². The number of pyridine rings is 1. The summed E-state index contributed by atoms with van der Waals surface area (Å²) in [6, 6.07) is 9.25. The SMILES string of the molecule is Cc1ccc(Br)c(NC(=O)c2ccc(Br)nc2)c1. The molecule has 3 nitrogen and oxygen atoms in total. The fraction of sp³-hybridized carbons (Fsp3) is 0.0769. The van der Waals surface area contributed by atoms with Gasteiger partial charge in [0, 0.05) is 10.7 Å². The predicted octanol–water partition coefficient (Wildman–Crippen LogP) is 4.17. The number of hydrogen-bond donors (Lipinski definition) is 1. The number of carbonyl (C=O) groups is 1. The van der Waals surface area contributed by atoms with E-state index >= 15 is 0 Å². The fourth-order valence-corrected chi connectivity index (χ4v) is 2.02. The second kappa shape index (κ2) is 5.63. The maximum absolute atomic E-state index is 12.0. The van der Waals surface area contributed by atoms with Crippen molar-refractivity contribution in [2.45, 2.75) is 6.92 Å². The fourth-order valence-electron chi connectivity index (χ4n) is 1.44. The first-order valence-electron chi connectivity index (χ1n) is 5.25. The van der Waals surface area contributed by atoms with Crippen LogP contribution in [0.3, 0.4) is 0 Å². The van der Waals surface area contributed by atoms with Gasteiger partial charge in [0.25, 0.3) is 5.91 Å². The summed E-state index contributed by atoms with van der Waals surface area (Å²) in [5.74, 6) is -0.179. The van der Waals surface area contributed by atoms with Gasteiger partial charge in [-0.3, -0.25) is 4.79 Å². The average molecular weight is 370 g/mol. The zero-order valence-electron chi connectivity index (χ0n) is 9.58. The van der Waals surface area contributed by atoms with Gasteiger partial charge < -0.3 is 5.32 Å². The van der Waals surface area contributed by atoms with Crippen molar-refractivity contribution in [3.63, 3.8) is 0 Å². The third-order valence-electron chi connectivity index (χ3n) is 2.36. The van der Waals surface area contributed by atoms with Crippen LogP contribution >= 0.6 is 31.9 Å². The van der Waals surface area contributed by atoms with Gasteiger partial charge in [0.1, 0.15) is 4.60 Å². The Morgan fingerprint density at radius 1 is 1.22 bits per heavy atom. The summed E-state index contributed by atoms with van der Waals surface area (Å²) >= 11 is 6.64. The highest BCUT2D eigenvalue weighted by Gasteiger charge is 2.08. The van der Waals surface area contributed by atoms with E-state index in [0.717, 1.165) is 15.7 Å². The van der Waals surface area contributed by atoms with Gasteiger partial charge in [-0.2, -0.15) is 0 Å². The van der Waals surface area contributed by atoms with E-state index in [9.17, 15) is 4.79 Å². The third kappa shape index (κ3) is 3.17. The topological polar surface area (TPSA) is 42.0 Å². The normalized spacial score (nSPS) is 10.2. The van der Waals surface area contributed by atoms with Gasteiger partial charge in [0.15, 0.2) is 0 Å². The lowest BCUT2D eigenvalue weighted by Crippen LogP contribution is -2.12. The Balaban J connectivity index is 2.21. The minimum absolute atomic E-state index is 0.179. The first-order chi connectivity index (χ1) is 8.56. The summed E-state index contributed by atoms with van der Waals surface area (Å²) in [5, 5.41) is 2.85. The summed E-state index contributed by atoms with van der Waals surface area (Å²) < 4.78 is 1.56. The Kier molecular flexibility index (Phi) is 4.14. The van der Waals surface area contributed by atoms with Crippen molar-refractivity contribution in [3.05, 3.63) is 56.7 Å². The van der Waals surface area contributed by atoms with Crippen LogP contribution in [0.1, 0.15) is 15.9 Å². The highest BCUT2D eigenvalue weighted by atomic mass is 79.9. The minimum Gasteiger partial charge on any atom is -0.321 e. The number of aromatic nitrogens is 1. The van der Waals surface area contributed by atoms with E-state index in [1.165, 1.54) is 6.20 Å². The van der Waals surface area contributed by atoms with Crippen molar-refractivity contribution in [1.29, 1.82) is 0 Å². The van der Waals surface area contributed by atoms with Gasteiger partial charge in [0.2, 0.25) is 0 Å². The molecule has 1 heterocycles. The molecule has 0 radical (unpaired) electrons. The Labute approximate surface area is 122 Å². The molecule has 5 heteroatoms. The molecule has 0 fully saturated rings. The van der Waals surface area contributed by atoms with Gasteiger partial charge in [0.05, 0.1) is 11.3 Å². The molecular formula is C13H10Br2N2O. The van der Waals surface area contributed by atoms with Crippen LogP contribution in [0.15, 0.2) is 45.6 Å². The number of rotatable bonds is 2. The largest absolute Gasteiger partial charge is 0.321 e. The quantitative estimate of drug-likeness (QED) is 0.807. The summed E-state index contributed by atoms with van der Waals surface area (Å²) in [7, 11) is 0. The number of hydrogen-bond acceptors (Lipinski definition) is 2. The number of halogens is 2. The van der Waals surface area contributed by atoms with Crippen molar-refractivity contribution < 1.29 is 4.79 Å². The monoisotopic (exact) mass is 368 g/mol. The zero-order valence-corrected chi connectivity index (χ0v) is 12.7. The van der Waals surface area contributed by atoms with E-state index in [-0.39, 0.29) is 5.91 Å². The van der Waals surface area contributed by atoms with E-state index in [0.29, 0.717) is 10.2 Å². The Hall–Kier alpha value is -1.20. The van der Waals surface area contributed by atoms with Crippen molar-refractivity contribution in [1.82, 2.24) is 4.98 Å². The highest BCUT2D eigenvalue weighted by molar-refractivity contribution is 9.10. The van der Waals surface area contributed by atoms with Crippen LogP contribution in [0.25, 0.3) is 0 Å². The smallest absolute Gasteiger partial charge is 0.257 e. The van der Waals surface area contributed by atoms with E-state index in [1.807, 2.05) is 25.1 Å². The maximum Gasteiger partial charge on any atom is 0.257 e. The van der Waals surface area contributed by atoms with Crippen LogP contribution in [-0.2, 0) is 0 Å². The Bertz CT molecular complexity index is 582. The summed E-state index contributed by atoms with van der Waals surface area (Å²) in [6.07, 6.45) is 1.53. The molecule has 92 valence electrons. The maximum atomic E-state index is 12.0. The van der Waals surface area contributed by atoms with Crippen molar-refractivity contribution >= 4 is 43.5 Å². The lowest BCUT2D eigenvalue weighted by atomic mass is 10.2. The van der Waals surface area contributed by atoms with E-state index in [2.05, 4.69) is 42.2 Å².